The van der Waals surface area contributed by atoms with E-state index in [1.165, 1.54) is 0 Å². The normalized spacial score (nSPS) is 10.5. The van der Waals surface area contributed by atoms with Crippen molar-refractivity contribution in [2.45, 2.75) is 13.5 Å². The number of halogens is 1. The molecule has 0 aliphatic rings. The minimum atomic E-state index is 0.568. The highest BCUT2D eigenvalue weighted by Crippen LogP contribution is 2.26. The van der Waals surface area contributed by atoms with Crippen LogP contribution in [0.3, 0.4) is 0 Å². The number of benzene rings is 1. The van der Waals surface area contributed by atoms with Gasteiger partial charge in [0.15, 0.2) is 0 Å². The second-order valence-corrected chi connectivity index (χ2v) is 4.40. The molecule has 0 aliphatic carbocycles. The fourth-order valence-electron chi connectivity index (χ4n) is 1.64. The van der Waals surface area contributed by atoms with Gasteiger partial charge < -0.3 is 15.6 Å². The maximum Gasteiger partial charge on any atom is 0.127 e. The molecule has 17 heavy (non-hydrogen) atoms. The summed E-state index contributed by atoms with van der Waals surface area (Å²) >= 11 is 5.99. The van der Waals surface area contributed by atoms with Crippen LogP contribution in [0.15, 0.2) is 24.5 Å². The Balaban J connectivity index is 2.14. The average Bonchev–Trinajstić information content (AvgIpc) is 2.68. The minimum absolute atomic E-state index is 0.568. The second-order valence-electron chi connectivity index (χ2n) is 4.00. The summed E-state index contributed by atoms with van der Waals surface area (Å²) in [6.07, 6.45) is 3.69. The first-order valence-electron chi connectivity index (χ1n) is 5.33. The van der Waals surface area contributed by atoms with Crippen molar-refractivity contribution < 1.29 is 0 Å². The van der Waals surface area contributed by atoms with Crippen LogP contribution < -0.4 is 11.1 Å². The Hall–Kier alpha value is -1.68. The number of anilines is 2. The molecule has 4 nitrogen and oxygen atoms in total. The summed E-state index contributed by atoms with van der Waals surface area (Å²) < 4.78 is 1.97. The molecule has 2 aromatic rings. The highest BCUT2D eigenvalue weighted by Gasteiger charge is 2.04. The van der Waals surface area contributed by atoms with Crippen LogP contribution in [0.2, 0.25) is 5.02 Å². The van der Waals surface area contributed by atoms with Gasteiger partial charge in [-0.05, 0) is 24.6 Å². The Bertz CT molecular complexity index is 533. The zero-order valence-electron chi connectivity index (χ0n) is 9.87. The van der Waals surface area contributed by atoms with Gasteiger partial charge in [-0.3, -0.25) is 0 Å². The standard InChI is InChI=1S/C12H15ClN4/c1-8-5-10(14)9(13)6-11(8)16-7-12-15-3-4-17(12)2/h3-6,16H,7,14H2,1-2H3. The van der Waals surface area contributed by atoms with Gasteiger partial charge in [0.1, 0.15) is 5.82 Å². The smallest absolute Gasteiger partial charge is 0.127 e. The molecule has 1 aromatic carbocycles. The maximum atomic E-state index is 5.99. The number of aryl methyl sites for hydroxylation is 2. The molecule has 3 N–H and O–H groups in total. The van der Waals surface area contributed by atoms with Crippen LogP contribution >= 0.6 is 11.6 Å². The first-order chi connectivity index (χ1) is 8.08. The number of nitrogens with one attached hydrogen (secondary N) is 1. The lowest BCUT2D eigenvalue weighted by Crippen LogP contribution is -2.06. The van der Waals surface area contributed by atoms with E-state index in [0.29, 0.717) is 17.3 Å². The summed E-state index contributed by atoms with van der Waals surface area (Å²) in [5, 5.41) is 3.87. The molecule has 2 rings (SSSR count). The Kier molecular flexibility index (Phi) is 3.24. The minimum Gasteiger partial charge on any atom is -0.398 e. The van der Waals surface area contributed by atoms with Gasteiger partial charge in [-0.15, -0.1) is 0 Å². The second kappa shape index (κ2) is 4.67. The van der Waals surface area contributed by atoms with Crippen LogP contribution in [-0.4, -0.2) is 9.55 Å². The molecular weight excluding hydrogens is 236 g/mol. The van der Waals surface area contributed by atoms with Crippen molar-refractivity contribution in [1.82, 2.24) is 9.55 Å². The quantitative estimate of drug-likeness (QED) is 0.824. The van der Waals surface area contributed by atoms with Gasteiger partial charge in [0.2, 0.25) is 0 Å². The maximum absolute atomic E-state index is 5.99. The first kappa shape index (κ1) is 11.8. The predicted molar refractivity (Wildman–Crippen MR) is 71.1 cm³/mol. The summed E-state index contributed by atoms with van der Waals surface area (Å²) in [6.45, 7) is 2.65. The van der Waals surface area contributed by atoms with Gasteiger partial charge in [0, 0.05) is 25.1 Å². The first-order valence-corrected chi connectivity index (χ1v) is 5.71. The molecular formula is C12H15ClN4. The summed E-state index contributed by atoms with van der Waals surface area (Å²) in [4.78, 5) is 4.24. The summed E-state index contributed by atoms with van der Waals surface area (Å²) in [5.41, 5.74) is 8.38. The van der Waals surface area contributed by atoms with Crippen molar-refractivity contribution in [3.63, 3.8) is 0 Å². The molecule has 0 aliphatic heterocycles. The SMILES string of the molecule is Cc1cc(N)c(Cl)cc1NCc1nccn1C. The molecule has 1 aromatic heterocycles. The predicted octanol–water partition coefficient (Wildman–Crippen LogP) is 2.58. The highest BCUT2D eigenvalue weighted by atomic mass is 35.5. The Morgan fingerprint density at radius 3 is 2.88 bits per heavy atom. The van der Waals surface area contributed by atoms with Crippen LogP contribution in [0, 0.1) is 6.92 Å². The zero-order chi connectivity index (χ0) is 12.4. The van der Waals surface area contributed by atoms with Gasteiger partial charge >= 0.3 is 0 Å². The van der Waals surface area contributed by atoms with Crippen LogP contribution in [0.25, 0.3) is 0 Å². The van der Waals surface area contributed by atoms with Crippen molar-refractivity contribution in [2.75, 3.05) is 11.1 Å². The van der Waals surface area contributed by atoms with Crippen LogP contribution in [-0.2, 0) is 13.6 Å². The fraction of sp³-hybridized carbons (Fsp3) is 0.250. The molecule has 1 heterocycles. The number of imidazole rings is 1. The summed E-state index contributed by atoms with van der Waals surface area (Å²) in [7, 11) is 1.97. The van der Waals surface area contributed by atoms with Gasteiger partial charge in [0.25, 0.3) is 0 Å². The number of hydrogen-bond donors (Lipinski definition) is 2. The third kappa shape index (κ3) is 2.53. The Labute approximate surface area is 105 Å². The Morgan fingerprint density at radius 2 is 2.24 bits per heavy atom. The van der Waals surface area contributed by atoms with Gasteiger partial charge in [0.05, 0.1) is 17.3 Å². The lowest BCUT2D eigenvalue weighted by molar-refractivity contribution is 0.812. The van der Waals surface area contributed by atoms with E-state index >= 15 is 0 Å². The topological polar surface area (TPSA) is 55.9 Å². The third-order valence-electron chi connectivity index (χ3n) is 2.70. The lowest BCUT2D eigenvalue weighted by atomic mass is 10.2. The van der Waals surface area contributed by atoms with Gasteiger partial charge in [-0.1, -0.05) is 11.6 Å². The van der Waals surface area contributed by atoms with Crippen LogP contribution in [0.1, 0.15) is 11.4 Å². The van der Waals surface area contributed by atoms with E-state index in [0.717, 1.165) is 17.1 Å². The van der Waals surface area contributed by atoms with E-state index < -0.39 is 0 Å². The third-order valence-corrected chi connectivity index (χ3v) is 3.03. The summed E-state index contributed by atoms with van der Waals surface area (Å²) in [5.74, 6) is 0.970. The van der Waals surface area contributed by atoms with Crippen molar-refractivity contribution in [3.8, 4) is 0 Å². The van der Waals surface area contributed by atoms with Crippen LogP contribution in [0.5, 0.6) is 0 Å². The Morgan fingerprint density at radius 1 is 1.47 bits per heavy atom. The molecule has 0 bridgehead atoms. The number of nitrogens with zero attached hydrogens (tertiary/aromatic N) is 2. The monoisotopic (exact) mass is 250 g/mol. The molecule has 0 spiro atoms. The van der Waals surface area contributed by atoms with E-state index in [1.54, 1.807) is 6.20 Å². The van der Waals surface area contributed by atoms with Crippen molar-refractivity contribution in [1.29, 1.82) is 0 Å². The lowest BCUT2D eigenvalue weighted by Gasteiger charge is -2.11. The number of aromatic nitrogens is 2. The molecule has 90 valence electrons. The van der Waals surface area contributed by atoms with Gasteiger partial charge in [-0.2, -0.15) is 0 Å². The molecule has 5 heteroatoms. The molecule has 0 unspecified atom stereocenters. The van der Waals surface area contributed by atoms with Crippen LogP contribution in [0.4, 0.5) is 11.4 Å². The van der Waals surface area contributed by atoms with Crippen molar-refractivity contribution in [3.05, 3.63) is 40.9 Å². The largest absolute Gasteiger partial charge is 0.398 e. The van der Waals surface area contributed by atoms with Crippen molar-refractivity contribution >= 4 is 23.0 Å². The van der Waals surface area contributed by atoms with Gasteiger partial charge in [-0.25, -0.2) is 4.98 Å². The van der Waals surface area contributed by atoms with E-state index in [9.17, 15) is 0 Å². The summed E-state index contributed by atoms with van der Waals surface area (Å²) in [6, 6.07) is 3.71. The molecule has 0 saturated carbocycles. The zero-order valence-corrected chi connectivity index (χ0v) is 10.6. The van der Waals surface area contributed by atoms with E-state index in [-0.39, 0.29) is 0 Å². The highest BCUT2D eigenvalue weighted by molar-refractivity contribution is 6.33. The number of hydrogen-bond acceptors (Lipinski definition) is 3. The molecule has 0 saturated heterocycles. The number of nitrogens with two attached hydrogens (primary N) is 1. The number of nitrogen functional groups attached to an aromatic ring is 1. The molecule has 0 atom stereocenters. The number of rotatable bonds is 3. The van der Waals surface area contributed by atoms with E-state index in [2.05, 4.69) is 10.3 Å². The molecule has 0 radical (unpaired) electrons. The van der Waals surface area contributed by atoms with E-state index in [1.807, 2.05) is 36.9 Å². The average molecular weight is 251 g/mol. The van der Waals surface area contributed by atoms with Crippen molar-refractivity contribution in [2.24, 2.45) is 7.05 Å². The fourth-order valence-corrected chi connectivity index (χ4v) is 1.80. The molecule has 0 amide bonds. The molecule has 0 fully saturated rings. The van der Waals surface area contributed by atoms with E-state index in [4.69, 9.17) is 17.3 Å².